The van der Waals surface area contributed by atoms with Crippen LogP contribution in [-0.2, 0) is 15.9 Å². The monoisotopic (exact) mass is 358 g/mol. The van der Waals surface area contributed by atoms with Gasteiger partial charge in [0.15, 0.2) is 5.96 Å². The molecule has 6 heteroatoms. The van der Waals surface area contributed by atoms with Gasteiger partial charge >= 0.3 is 0 Å². The summed E-state index contributed by atoms with van der Waals surface area (Å²) in [5.41, 5.74) is 2.51. The fourth-order valence-corrected chi connectivity index (χ4v) is 3.21. The molecule has 6 nitrogen and oxygen atoms in total. The number of guanidine groups is 1. The van der Waals surface area contributed by atoms with E-state index in [-0.39, 0.29) is 6.10 Å². The Morgan fingerprint density at radius 1 is 1.35 bits per heavy atom. The molecule has 0 saturated carbocycles. The van der Waals surface area contributed by atoms with Crippen LogP contribution in [0.4, 0.5) is 0 Å². The van der Waals surface area contributed by atoms with Crippen LogP contribution < -0.4 is 10.6 Å². The summed E-state index contributed by atoms with van der Waals surface area (Å²) in [6.45, 7) is 6.58. The lowest BCUT2D eigenvalue weighted by Crippen LogP contribution is -2.38. The number of para-hydroxylation sites is 1. The first kappa shape index (κ1) is 18.7. The molecule has 2 aromatic rings. The summed E-state index contributed by atoms with van der Waals surface area (Å²) in [5.74, 6) is 0.841. The van der Waals surface area contributed by atoms with Crippen LogP contribution in [0, 0.1) is 0 Å². The predicted molar refractivity (Wildman–Crippen MR) is 106 cm³/mol. The average Bonchev–Trinajstić information content (AvgIpc) is 3.31. The Labute approximate surface area is 155 Å². The van der Waals surface area contributed by atoms with Crippen molar-refractivity contribution in [1.82, 2.24) is 15.6 Å². The summed E-state index contributed by atoms with van der Waals surface area (Å²) in [4.78, 5) is 7.90. The van der Waals surface area contributed by atoms with Crippen LogP contribution in [-0.4, -0.2) is 56.5 Å². The van der Waals surface area contributed by atoms with Crippen LogP contribution in [0.25, 0.3) is 10.9 Å². The molecular weight excluding hydrogens is 328 g/mol. The van der Waals surface area contributed by atoms with E-state index in [9.17, 15) is 0 Å². The minimum absolute atomic E-state index is 0.279. The lowest BCUT2D eigenvalue weighted by Gasteiger charge is -2.12. The van der Waals surface area contributed by atoms with E-state index < -0.39 is 0 Å². The molecule has 1 aliphatic rings. The molecule has 1 atom stereocenters. The summed E-state index contributed by atoms with van der Waals surface area (Å²) < 4.78 is 11.2. The second kappa shape index (κ2) is 10.2. The van der Waals surface area contributed by atoms with E-state index in [4.69, 9.17) is 9.47 Å². The van der Waals surface area contributed by atoms with Crippen molar-refractivity contribution in [3.8, 4) is 0 Å². The SMILES string of the molecule is CCNC(=NCCOCC1CCCO1)NCCc1c[nH]c2ccccc12. The Morgan fingerprint density at radius 2 is 2.27 bits per heavy atom. The van der Waals surface area contributed by atoms with Gasteiger partial charge < -0.3 is 25.1 Å². The number of aromatic nitrogens is 1. The molecule has 142 valence electrons. The van der Waals surface area contributed by atoms with Gasteiger partial charge in [0.2, 0.25) is 0 Å². The molecule has 0 amide bonds. The summed E-state index contributed by atoms with van der Waals surface area (Å²) in [6, 6.07) is 8.40. The number of hydrogen-bond acceptors (Lipinski definition) is 3. The highest BCUT2D eigenvalue weighted by molar-refractivity contribution is 5.83. The van der Waals surface area contributed by atoms with Crippen molar-refractivity contribution in [3.63, 3.8) is 0 Å². The zero-order chi connectivity index (χ0) is 18.0. The Balaban J connectivity index is 1.39. The summed E-state index contributed by atoms with van der Waals surface area (Å²) in [5, 5.41) is 7.97. The van der Waals surface area contributed by atoms with Crippen LogP contribution >= 0.6 is 0 Å². The molecule has 3 rings (SSSR count). The number of ether oxygens (including phenoxy) is 2. The van der Waals surface area contributed by atoms with Crippen LogP contribution in [0.1, 0.15) is 25.3 Å². The maximum atomic E-state index is 5.67. The molecule has 2 heterocycles. The van der Waals surface area contributed by atoms with Gasteiger partial charge in [-0.2, -0.15) is 0 Å². The van der Waals surface area contributed by atoms with Gasteiger partial charge in [-0.1, -0.05) is 18.2 Å². The van der Waals surface area contributed by atoms with Gasteiger partial charge in [-0.25, -0.2) is 0 Å². The van der Waals surface area contributed by atoms with E-state index in [1.807, 2.05) is 0 Å². The Morgan fingerprint density at radius 3 is 3.12 bits per heavy atom. The maximum Gasteiger partial charge on any atom is 0.191 e. The van der Waals surface area contributed by atoms with Crippen LogP contribution in [0.3, 0.4) is 0 Å². The van der Waals surface area contributed by atoms with E-state index in [0.717, 1.165) is 44.9 Å². The summed E-state index contributed by atoms with van der Waals surface area (Å²) >= 11 is 0. The fraction of sp³-hybridized carbons (Fsp3) is 0.550. The molecule has 3 N–H and O–H groups in total. The normalized spacial score (nSPS) is 17.7. The number of rotatable bonds is 9. The van der Waals surface area contributed by atoms with Crippen LogP contribution in [0.2, 0.25) is 0 Å². The third-order valence-electron chi connectivity index (χ3n) is 4.54. The lowest BCUT2D eigenvalue weighted by molar-refractivity contribution is 0.0200. The predicted octanol–water partition coefficient (Wildman–Crippen LogP) is 2.46. The molecular formula is C20H30N4O2. The second-order valence-electron chi connectivity index (χ2n) is 6.51. The minimum Gasteiger partial charge on any atom is -0.377 e. The number of fused-ring (bicyclic) bond motifs is 1. The molecule has 1 unspecified atom stereocenters. The summed E-state index contributed by atoms with van der Waals surface area (Å²) in [6.07, 6.45) is 5.58. The number of aromatic amines is 1. The topological polar surface area (TPSA) is 70.7 Å². The zero-order valence-corrected chi connectivity index (χ0v) is 15.6. The van der Waals surface area contributed by atoms with Crippen molar-refractivity contribution in [3.05, 3.63) is 36.0 Å². The fourth-order valence-electron chi connectivity index (χ4n) is 3.21. The van der Waals surface area contributed by atoms with E-state index in [2.05, 4.69) is 58.0 Å². The first-order valence-corrected chi connectivity index (χ1v) is 9.63. The number of nitrogens with zero attached hydrogens (tertiary/aromatic N) is 1. The van der Waals surface area contributed by atoms with Gasteiger partial charge in [-0.3, -0.25) is 4.99 Å². The third-order valence-corrected chi connectivity index (χ3v) is 4.54. The summed E-state index contributed by atoms with van der Waals surface area (Å²) in [7, 11) is 0. The van der Waals surface area contributed by atoms with Crippen molar-refractivity contribution in [1.29, 1.82) is 0 Å². The van der Waals surface area contributed by atoms with Gasteiger partial charge in [0.1, 0.15) is 0 Å². The van der Waals surface area contributed by atoms with Gasteiger partial charge in [0.25, 0.3) is 0 Å². The molecule has 1 fully saturated rings. The average molecular weight is 358 g/mol. The zero-order valence-electron chi connectivity index (χ0n) is 15.6. The highest BCUT2D eigenvalue weighted by Crippen LogP contribution is 2.17. The molecule has 0 bridgehead atoms. The highest BCUT2D eigenvalue weighted by Gasteiger charge is 2.14. The van der Waals surface area contributed by atoms with Crippen molar-refractivity contribution >= 4 is 16.9 Å². The van der Waals surface area contributed by atoms with E-state index in [1.165, 1.54) is 16.5 Å². The Kier molecular flexibility index (Phi) is 7.34. The van der Waals surface area contributed by atoms with Gasteiger partial charge in [-0.15, -0.1) is 0 Å². The quantitative estimate of drug-likeness (QED) is 0.366. The number of H-pyrrole nitrogens is 1. The number of aliphatic imine (C=N–C) groups is 1. The van der Waals surface area contributed by atoms with Gasteiger partial charge in [0.05, 0.1) is 25.9 Å². The number of nitrogens with one attached hydrogen (secondary N) is 3. The number of benzene rings is 1. The largest absolute Gasteiger partial charge is 0.377 e. The van der Waals surface area contributed by atoms with Crippen LogP contribution in [0.5, 0.6) is 0 Å². The first-order valence-electron chi connectivity index (χ1n) is 9.63. The second-order valence-corrected chi connectivity index (χ2v) is 6.51. The molecule has 26 heavy (non-hydrogen) atoms. The molecule has 0 aliphatic carbocycles. The minimum atomic E-state index is 0.279. The van der Waals surface area contributed by atoms with Gasteiger partial charge in [0, 0.05) is 36.8 Å². The van der Waals surface area contributed by atoms with Crippen molar-refractivity contribution in [2.45, 2.75) is 32.3 Å². The van der Waals surface area contributed by atoms with Crippen molar-refractivity contribution < 1.29 is 9.47 Å². The standard InChI is InChI=1S/C20H30N4O2/c1-2-21-20(23-11-13-25-15-17-6-5-12-26-17)22-10-9-16-14-24-19-8-4-3-7-18(16)19/h3-4,7-8,14,17,24H,2,5-6,9-13,15H2,1H3,(H2,21,22,23). The number of hydrogen-bond donors (Lipinski definition) is 3. The molecule has 0 spiro atoms. The molecule has 1 aromatic carbocycles. The Hall–Kier alpha value is -2.05. The van der Waals surface area contributed by atoms with Gasteiger partial charge in [-0.05, 0) is 37.8 Å². The van der Waals surface area contributed by atoms with E-state index in [0.29, 0.717) is 19.8 Å². The smallest absolute Gasteiger partial charge is 0.191 e. The van der Waals surface area contributed by atoms with Crippen LogP contribution in [0.15, 0.2) is 35.5 Å². The molecule has 1 saturated heterocycles. The molecule has 0 radical (unpaired) electrons. The van der Waals surface area contributed by atoms with E-state index >= 15 is 0 Å². The molecule has 1 aliphatic heterocycles. The maximum absolute atomic E-state index is 5.67. The Bertz CT molecular complexity index is 692. The first-order chi connectivity index (χ1) is 12.9. The highest BCUT2D eigenvalue weighted by atomic mass is 16.5. The van der Waals surface area contributed by atoms with Crippen molar-refractivity contribution in [2.24, 2.45) is 4.99 Å². The van der Waals surface area contributed by atoms with Crippen molar-refractivity contribution in [2.75, 3.05) is 39.5 Å². The van der Waals surface area contributed by atoms with E-state index in [1.54, 1.807) is 0 Å². The third kappa shape index (κ3) is 5.47. The lowest BCUT2D eigenvalue weighted by atomic mass is 10.1. The molecule has 1 aromatic heterocycles.